The van der Waals surface area contributed by atoms with E-state index in [0.717, 1.165) is 0 Å². The van der Waals surface area contributed by atoms with Crippen LogP contribution in [0.15, 0.2) is 0 Å². The number of rotatable bonds is 2. The lowest BCUT2D eigenvalue weighted by Gasteiger charge is -2.10. The van der Waals surface area contributed by atoms with Crippen molar-refractivity contribution in [3.8, 4) is 0 Å². The summed E-state index contributed by atoms with van der Waals surface area (Å²) >= 11 is 0. The van der Waals surface area contributed by atoms with E-state index in [1.54, 1.807) is 6.92 Å². The maximum atomic E-state index is 11.0. The van der Waals surface area contributed by atoms with Crippen molar-refractivity contribution in [1.82, 2.24) is 5.32 Å². The largest absolute Gasteiger partial charge is 0.466 e. The van der Waals surface area contributed by atoms with E-state index in [1.807, 2.05) is 0 Å². The SMILES string of the molecule is CCOC(=O)C1CNC[C@@H]1O. The Kier molecular flexibility index (Phi) is 2.84. The normalized spacial score (nSPS) is 30.4. The van der Waals surface area contributed by atoms with Gasteiger partial charge in [-0.3, -0.25) is 4.79 Å². The fourth-order valence-corrected chi connectivity index (χ4v) is 1.15. The van der Waals surface area contributed by atoms with Gasteiger partial charge in [0.2, 0.25) is 0 Å². The van der Waals surface area contributed by atoms with E-state index in [9.17, 15) is 9.90 Å². The van der Waals surface area contributed by atoms with Crippen molar-refractivity contribution < 1.29 is 14.6 Å². The van der Waals surface area contributed by atoms with E-state index < -0.39 is 6.10 Å². The Hall–Kier alpha value is -0.610. The second-order valence-corrected chi connectivity index (χ2v) is 2.58. The molecule has 2 N–H and O–H groups in total. The summed E-state index contributed by atoms with van der Waals surface area (Å²) in [5, 5.41) is 12.1. The first-order valence-electron chi connectivity index (χ1n) is 3.81. The zero-order valence-corrected chi connectivity index (χ0v) is 6.54. The smallest absolute Gasteiger partial charge is 0.312 e. The summed E-state index contributed by atoms with van der Waals surface area (Å²) in [6.07, 6.45) is -0.575. The predicted octanol–water partition coefficient (Wildman–Crippen LogP) is -0.870. The summed E-state index contributed by atoms with van der Waals surface area (Å²) < 4.78 is 4.76. The number of carbonyl (C=O) groups is 1. The second kappa shape index (κ2) is 3.69. The van der Waals surface area contributed by atoms with Crippen LogP contribution in [0.3, 0.4) is 0 Å². The number of hydrogen-bond donors (Lipinski definition) is 2. The lowest BCUT2D eigenvalue weighted by molar-refractivity contribution is -0.150. The number of esters is 1. The lowest BCUT2D eigenvalue weighted by atomic mass is 10.1. The zero-order chi connectivity index (χ0) is 8.27. The molecule has 64 valence electrons. The van der Waals surface area contributed by atoms with Gasteiger partial charge in [0.25, 0.3) is 0 Å². The Balaban J connectivity index is 2.39. The molecule has 0 bridgehead atoms. The molecule has 1 heterocycles. The number of aliphatic hydroxyl groups excluding tert-OH is 1. The number of carbonyl (C=O) groups excluding carboxylic acids is 1. The van der Waals surface area contributed by atoms with Crippen molar-refractivity contribution in [1.29, 1.82) is 0 Å². The molecule has 1 rings (SSSR count). The maximum Gasteiger partial charge on any atom is 0.312 e. The first-order chi connectivity index (χ1) is 5.25. The van der Waals surface area contributed by atoms with E-state index in [2.05, 4.69) is 5.32 Å². The van der Waals surface area contributed by atoms with E-state index in [0.29, 0.717) is 19.7 Å². The average Bonchev–Trinajstić information content (AvgIpc) is 2.36. The molecule has 0 aromatic carbocycles. The van der Waals surface area contributed by atoms with Gasteiger partial charge < -0.3 is 15.2 Å². The summed E-state index contributed by atoms with van der Waals surface area (Å²) in [6, 6.07) is 0. The molecule has 0 aromatic heterocycles. The summed E-state index contributed by atoms with van der Waals surface area (Å²) in [5.74, 6) is -0.667. The number of β-amino-alcohol motifs (C(OH)–C–C–N with tert-alkyl or cyclic N) is 1. The van der Waals surface area contributed by atoms with Crippen LogP contribution in [0.1, 0.15) is 6.92 Å². The molecule has 4 nitrogen and oxygen atoms in total. The van der Waals surface area contributed by atoms with Crippen LogP contribution in [0.25, 0.3) is 0 Å². The topological polar surface area (TPSA) is 58.6 Å². The molecule has 11 heavy (non-hydrogen) atoms. The van der Waals surface area contributed by atoms with Crippen molar-refractivity contribution in [3.63, 3.8) is 0 Å². The Labute approximate surface area is 65.5 Å². The zero-order valence-electron chi connectivity index (χ0n) is 6.54. The van der Waals surface area contributed by atoms with Crippen molar-refractivity contribution >= 4 is 5.97 Å². The number of ether oxygens (including phenoxy) is 1. The van der Waals surface area contributed by atoms with Gasteiger partial charge in [0.1, 0.15) is 0 Å². The minimum atomic E-state index is -0.575. The minimum absolute atomic E-state index is 0.301. The van der Waals surface area contributed by atoms with Crippen molar-refractivity contribution in [2.24, 2.45) is 5.92 Å². The Morgan fingerprint density at radius 3 is 2.91 bits per heavy atom. The first kappa shape index (κ1) is 8.49. The third kappa shape index (κ3) is 1.91. The highest BCUT2D eigenvalue weighted by atomic mass is 16.5. The van der Waals surface area contributed by atoms with Crippen LogP contribution in [-0.2, 0) is 9.53 Å². The van der Waals surface area contributed by atoms with Gasteiger partial charge in [-0.1, -0.05) is 0 Å². The highest BCUT2D eigenvalue weighted by Gasteiger charge is 2.32. The molecule has 1 unspecified atom stereocenters. The van der Waals surface area contributed by atoms with Crippen LogP contribution < -0.4 is 5.32 Å². The van der Waals surface area contributed by atoms with Crippen LogP contribution in [0.2, 0.25) is 0 Å². The van der Waals surface area contributed by atoms with Crippen molar-refractivity contribution in [3.05, 3.63) is 0 Å². The highest BCUT2D eigenvalue weighted by Crippen LogP contribution is 2.10. The van der Waals surface area contributed by atoms with Crippen LogP contribution in [0, 0.1) is 5.92 Å². The van der Waals surface area contributed by atoms with Crippen LogP contribution >= 0.6 is 0 Å². The van der Waals surface area contributed by atoms with E-state index in [-0.39, 0.29) is 11.9 Å². The molecule has 0 radical (unpaired) electrons. The van der Waals surface area contributed by atoms with E-state index in [4.69, 9.17) is 4.74 Å². The molecule has 1 aliphatic heterocycles. The summed E-state index contributed by atoms with van der Waals surface area (Å²) in [4.78, 5) is 11.0. The molecule has 0 spiro atoms. The van der Waals surface area contributed by atoms with Gasteiger partial charge in [-0.25, -0.2) is 0 Å². The van der Waals surface area contributed by atoms with Gasteiger partial charge in [0.15, 0.2) is 0 Å². The molecule has 4 heteroatoms. The van der Waals surface area contributed by atoms with Gasteiger partial charge in [-0.05, 0) is 6.92 Å². The van der Waals surface area contributed by atoms with Crippen LogP contribution in [0.5, 0.6) is 0 Å². The second-order valence-electron chi connectivity index (χ2n) is 2.58. The number of hydrogen-bond acceptors (Lipinski definition) is 4. The molecule has 1 saturated heterocycles. The van der Waals surface area contributed by atoms with Gasteiger partial charge >= 0.3 is 5.97 Å². The van der Waals surface area contributed by atoms with Gasteiger partial charge in [0, 0.05) is 13.1 Å². The molecular formula is C7H13NO3. The molecule has 1 fully saturated rings. The quantitative estimate of drug-likeness (QED) is 0.514. The minimum Gasteiger partial charge on any atom is -0.466 e. The van der Waals surface area contributed by atoms with Gasteiger partial charge in [-0.2, -0.15) is 0 Å². The molecular weight excluding hydrogens is 146 g/mol. The average molecular weight is 159 g/mol. The third-order valence-electron chi connectivity index (χ3n) is 1.77. The van der Waals surface area contributed by atoms with E-state index in [1.165, 1.54) is 0 Å². The lowest BCUT2D eigenvalue weighted by Crippen LogP contribution is -2.28. The van der Waals surface area contributed by atoms with Gasteiger partial charge in [0.05, 0.1) is 18.6 Å². The predicted molar refractivity (Wildman–Crippen MR) is 39.0 cm³/mol. The maximum absolute atomic E-state index is 11.0. The molecule has 2 atom stereocenters. The summed E-state index contributed by atoms with van der Waals surface area (Å²) in [6.45, 7) is 3.15. The van der Waals surface area contributed by atoms with Gasteiger partial charge in [-0.15, -0.1) is 0 Å². The Morgan fingerprint density at radius 1 is 1.73 bits per heavy atom. The highest BCUT2D eigenvalue weighted by molar-refractivity contribution is 5.73. The third-order valence-corrected chi connectivity index (χ3v) is 1.77. The summed E-state index contributed by atoms with van der Waals surface area (Å²) in [5.41, 5.74) is 0. The molecule has 0 aromatic rings. The number of aliphatic hydroxyl groups is 1. The first-order valence-corrected chi connectivity index (χ1v) is 3.81. The Morgan fingerprint density at radius 2 is 2.45 bits per heavy atom. The monoisotopic (exact) mass is 159 g/mol. The fraction of sp³-hybridized carbons (Fsp3) is 0.857. The molecule has 0 amide bonds. The van der Waals surface area contributed by atoms with Crippen molar-refractivity contribution in [2.45, 2.75) is 13.0 Å². The van der Waals surface area contributed by atoms with E-state index >= 15 is 0 Å². The molecule has 0 aliphatic carbocycles. The van der Waals surface area contributed by atoms with Crippen LogP contribution in [0.4, 0.5) is 0 Å². The van der Waals surface area contributed by atoms with Crippen molar-refractivity contribution in [2.75, 3.05) is 19.7 Å². The fourth-order valence-electron chi connectivity index (χ4n) is 1.15. The van der Waals surface area contributed by atoms with Crippen LogP contribution in [-0.4, -0.2) is 36.9 Å². The Bertz CT molecular complexity index is 149. The molecule has 0 saturated carbocycles. The summed E-state index contributed by atoms with van der Waals surface area (Å²) in [7, 11) is 0. The number of nitrogens with one attached hydrogen (secondary N) is 1. The molecule has 1 aliphatic rings. The standard InChI is InChI=1S/C7H13NO3/c1-2-11-7(10)5-3-8-4-6(5)9/h5-6,8-9H,2-4H2,1H3/t5?,6-/m0/s1.